The van der Waals surface area contributed by atoms with Gasteiger partial charge in [0.25, 0.3) is 0 Å². The second kappa shape index (κ2) is 9.49. The van der Waals surface area contributed by atoms with E-state index in [1.165, 1.54) is 16.3 Å². The molecular formula is C33H39NO. The van der Waals surface area contributed by atoms with E-state index < -0.39 is 0 Å². The van der Waals surface area contributed by atoms with E-state index in [9.17, 15) is 0 Å². The van der Waals surface area contributed by atoms with Gasteiger partial charge in [0, 0.05) is 16.3 Å². The summed E-state index contributed by atoms with van der Waals surface area (Å²) >= 11 is 0. The molecule has 35 heavy (non-hydrogen) atoms. The van der Waals surface area contributed by atoms with E-state index in [2.05, 4.69) is 114 Å². The Morgan fingerprint density at radius 3 is 1.74 bits per heavy atom. The fourth-order valence-corrected chi connectivity index (χ4v) is 5.04. The fourth-order valence-electron chi connectivity index (χ4n) is 5.04. The molecule has 2 heteroatoms. The van der Waals surface area contributed by atoms with E-state index in [0.717, 1.165) is 33.9 Å². The minimum absolute atomic E-state index is 0.199. The van der Waals surface area contributed by atoms with Crippen LogP contribution in [0.1, 0.15) is 73.3 Å². The second-order valence-corrected chi connectivity index (χ2v) is 11.6. The minimum Gasteiger partial charge on any atom is -0.435 e. The van der Waals surface area contributed by atoms with Gasteiger partial charge in [-0.1, -0.05) is 116 Å². The Morgan fingerprint density at radius 2 is 1.20 bits per heavy atom. The SMILES string of the molecule is CC.CC(C)(C)CC(c1ccc(-c2nc3c4ccccc4c4ccccc4c3o2)cc1)C(C)(C)C. The van der Waals surface area contributed by atoms with Crippen molar-refractivity contribution < 1.29 is 4.42 Å². The molecule has 0 spiro atoms. The molecule has 0 saturated heterocycles. The molecule has 0 aliphatic rings. The molecule has 2 nitrogen and oxygen atoms in total. The maximum absolute atomic E-state index is 6.41. The van der Waals surface area contributed by atoms with Gasteiger partial charge in [0.05, 0.1) is 0 Å². The maximum atomic E-state index is 6.41. The molecule has 0 aliphatic carbocycles. The quantitative estimate of drug-likeness (QED) is 0.248. The van der Waals surface area contributed by atoms with Crippen LogP contribution in [0.3, 0.4) is 0 Å². The largest absolute Gasteiger partial charge is 0.435 e. The zero-order valence-electron chi connectivity index (χ0n) is 22.6. The van der Waals surface area contributed by atoms with Crippen molar-refractivity contribution in [3.63, 3.8) is 0 Å². The molecule has 1 atom stereocenters. The van der Waals surface area contributed by atoms with Gasteiger partial charge < -0.3 is 4.42 Å². The van der Waals surface area contributed by atoms with Crippen LogP contribution in [0.25, 0.3) is 44.1 Å². The molecule has 5 rings (SSSR count). The first-order chi connectivity index (χ1) is 16.6. The summed E-state index contributed by atoms with van der Waals surface area (Å²) in [5, 5.41) is 4.66. The lowest BCUT2D eigenvalue weighted by molar-refractivity contribution is 0.229. The smallest absolute Gasteiger partial charge is 0.227 e. The van der Waals surface area contributed by atoms with E-state index in [-0.39, 0.29) is 10.8 Å². The molecule has 1 aromatic heterocycles. The van der Waals surface area contributed by atoms with Crippen molar-refractivity contribution in [3.8, 4) is 11.5 Å². The third kappa shape index (κ3) is 4.98. The molecule has 5 aromatic rings. The number of benzene rings is 4. The summed E-state index contributed by atoms with van der Waals surface area (Å²) in [7, 11) is 0. The average Bonchev–Trinajstić information content (AvgIpc) is 3.29. The van der Waals surface area contributed by atoms with Gasteiger partial charge in [-0.3, -0.25) is 0 Å². The molecule has 0 radical (unpaired) electrons. The first-order valence-electron chi connectivity index (χ1n) is 12.9. The van der Waals surface area contributed by atoms with E-state index in [0.29, 0.717) is 11.8 Å². The number of fused-ring (bicyclic) bond motifs is 6. The number of hydrogen-bond acceptors (Lipinski definition) is 2. The van der Waals surface area contributed by atoms with Crippen molar-refractivity contribution in [2.75, 3.05) is 0 Å². The maximum Gasteiger partial charge on any atom is 0.227 e. The molecule has 0 amide bonds. The highest BCUT2D eigenvalue weighted by molar-refractivity contribution is 6.22. The van der Waals surface area contributed by atoms with Crippen molar-refractivity contribution in [1.82, 2.24) is 4.98 Å². The zero-order valence-corrected chi connectivity index (χ0v) is 22.6. The highest BCUT2D eigenvalue weighted by Crippen LogP contribution is 2.43. The molecule has 1 heterocycles. The van der Waals surface area contributed by atoms with Crippen LogP contribution >= 0.6 is 0 Å². The second-order valence-electron chi connectivity index (χ2n) is 11.6. The predicted octanol–water partition coefficient (Wildman–Crippen LogP) is 10.4. The molecule has 0 bridgehead atoms. The summed E-state index contributed by atoms with van der Waals surface area (Å²) in [6.07, 6.45) is 1.15. The van der Waals surface area contributed by atoms with E-state index >= 15 is 0 Å². The fraction of sp³-hybridized carbons (Fsp3) is 0.364. The summed E-state index contributed by atoms with van der Waals surface area (Å²) in [6.45, 7) is 18.0. The highest BCUT2D eigenvalue weighted by atomic mass is 16.3. The van der Waals surface area contributed by atoms with Gasteiger partial charge >= 0.3 is 0 Å². The van der Waals surface area contributed by atoms with Crippen LogP contribution in [0, 0.1) is 10.8 Å². The Bertz CT molecular complexity index is 1370. The number of oxazole rings is 1. The Morgan fingerprint density at radius 1 is 0.686 bits per heavy atom. The van der Waals surface area contributed by atoms with Gasteiger partial charge in [-0.2, -0.15) is 0 Å². The summed E-state index contributed by atoms with van der Waals surface area (Å²) in [5.74, 6) is 1.17. The van der Waals surface area contributed by atoms with E-state index in [1.54, 1.807) is 0 Å². The number of rotatable bonds is 3. The van der Waals surface area contributed by atoms with Crippen molar-refractivity contribution in [3.05, 3.63) is 78.4 Å². The standard InChI is InChI=1S/C31H33NO.C2H6/c1-30(2,3)19-26(31(4,5)6)20-15-17-21(18-16-20)29-32-27-24-13-9-7-11-22(24)23-12-8-10-14-25(23)28(27)33-29;1-2/h7-18,26H,19H2,1-6H3;1-2H3. The Hall–Kier alpha value is -3.13. The lowest BCUT2D eigenvalue weighted by atomic mass is 9.69. The molecule has 4 aromatic carbocycles. The number of hydrogen-bond donors (Lipinski definition) is 0. The third-order valence-electron chi connectivity index (χ3n) is 6.69. The van der Waals surface area contributed by atoms with Gasteiger partial charge in [-0.15, -0.1) is 0 Å². The Kier molecular flexibility index (Phi) is 6.77. The average molecular weight is 466 g/mol. The molecular weight excluding hydrogens is 426 g/mol. The first kappa shape index (κ1) is 25.0. The normalized spacial score (nSPS) is 13.1. The Labute approximate surface area is 210 Å². The topological polar surface area (TPSA) is 26.0 Å². The minimum atomic E-state index is 0.199. The summed E-state index contributed by atoms with van der Waals surface area (Å²) < 4.78 is 6.41. The van der Waals surface area contributed by atoms with Gasteiger partial charge in [0.2, 0.25) is 5.89 Å². The van der Waals surface area contributed by atoms with Crippen molar-refractivity contribution in [2.45, 2.75) is 67.7 Å². The predicted molar refractivity (Wildman–Crippen MR) is 152 cm³/mol. The monoisotopic (exact) mass is 465 g/mol. The highest BCUT2D eigenvalue weighted by Gasteiger charge is 2.30. The molecule has 0 N–H and O–H groups in total. The van der Waals surface area contributed by atoms with Crippen LogP contribution in [0.4, 0.5) is 0 Å². The van der Waals surface area contributed by atoms with E-state index in [1.807, 2.05) is 13.8 Å². The molecule has 0 aliphatic heterocycles. The first-order valence-corrected chi connectivity index (χ1v) is 12.9. The van der Waals surface area contributed by atoms with Crippen LogP contribution in [0.15, 0.2) is 77.2 Å². The lowest BCUT2D eigenvalue weighted by Gasteiger charge is -2.36. The molecule has 0 saturated carbocycles. The van der Waals surface area contributed by atoms with Crippen LogP contribution < -0.4 is 0 Å². The molecule has 182 valence electrons. The lowest BCUT2D eigenvalue weighted by Crippen LogP contribution is -2.23. The van der Waals surface area contributed by atoms with E-state index in [4.69, 9.17) is 9.40 Å². The van der Waals surface area contributed by atoms with Crippen molar-refractivity contribution in [1.29, 1.82) is 0 Å². The number of aromatic nitrogens is 1. The zero-order chi connectivity index (χ0) is 25.4. The van der Waals surface area contributed by atoms with Crippen LogP contribution in [-0.2, 0) is 0 Å². The summed E-state index contributed by atoms with van der Waals surface area (Å²) in [4.78, 5) is 4.98. The molecule has 1 unspecified atom stereocenters. The Balaban J connectivity index is 0.00000141. The van der Waals surface area contributed by atoms with Gasteiger partial charge in [0.1, 0.15) is 5.52 Å². The van der Waals surface area contributed by atoms with Crippen LogP contribution in [0.5, 0.6) is 0 Å². The number of nitrogens with zero attached hydrogens (tertiary/aromatic N) is 1. The van der Waals surface area contributed by atoms with Gasteiger partial charge in [-0.05, 0) is 51.6 Å². The van der Waals surface area contributed by atoms with Crippen LogP contribution in [-0.4, -0.2) is 4.98 Å². The summed E-state index contributed by atoms with van der Waals surface area (Å²) in [6, 6.07) is 25.8. The third-order valence-corrected chi connectivity index (χ3v) is 6.69. The van der Waals surface area contributed by atoms with Crippen molar-refractivity contribution in [2.24, 2.45) is 10.8 Å². The van der Waals surface area contributed by atoms with Crippen molar-refractivity contribution >= 4 is 32.6 Å². The van der Waals surface area contributed by atoms with Gasteiger partial charge in [-0.25, -0.2) is 4.98 Å². The van der Waals surface area contributed by atoms with Crippen LogP contribution in [0.2, 0.25) is 0 Å². The van der Waals surface area contributed by atoms with Gasteiger partial charge in [0.15, 0.2) is 5.58 Å². The molecule has 0 fully saturated rings. The summed E-state index contributed by atoms with van der Waals surface area (Å²) in [5.41, 5.74) is 4.68.